The van der Waals surface area contributed by atoms with Crippen LogP contribution in [-0.4, -0.2) is 16.3 Å². The molecule has 0 aliphatic heterocycles. The van der Waals surface area contributed by atoms with Crippen molar-refractivity contribution in [3.8, 4) is 6.07 Å². The van der Waals surface area contributed by atoms with Gasteiger partial charge in [0.2, 0.25) is 5.91 Å². The highest BCUT2D eigenvalue weighted by molar-refractivity contribution is 5.99. The van der Waals surface area contributed by atoms with Gasteiger partial charge in [-0.25, -0.2) is 4.68 Å². The van der Waals surface area contributed by atoms with E-state index >= 15 is 0 Å². The number of nitrogens with zero attached hydrogens (tertiary/aromatic N) is 3. The fourth-order valence-corrected chi connectivity index (χ4v) is 1.60. The second-order valence-corrected chi connectivity index (χ2v) is 4.05. The van der Waals surface area contributed by atoms with Gasteiger partial charge in [0.15, 0.2) is 0 Å². The van der Waals surface area contributed by atoms with Crippen LogP contribution >= 0.6 is 0 Å². The summed E-state index contributed by atoms with van der Waals surface area (Å²) in [5.74, 6) is -0.519. The van der Waals surface area contributed by atoms with Crippen molar-refractivity contribution in [2.45, 2.75) is 27.2 Å². The number of hydrogen-bond donors (Lipinski definition) is 1. The van der Waals surface area contributed by atoms with Gasteiger partial charge in [0, 0.05) is 11.4 Å². The molecule has 0 fully saturated rings. The smallest absolute Gasteiger partial charge is 0.289 e. The Bertz CT molecular complexity index is 620. The highest BCUT2D eigenvalue weighted by Gasteiger charge is 2.10. The molecule has 0 bridgehead atoms. The van der Waals surface area contributed by atoms with Crippen molar-refractivity contribution in [2.24, 2.45) is 10.8 Å². The van der Waals surface area contributed by atoms with Crippen LogP contribution < -0.4 is 11.3 Å². The summed E-state index contributed by atoms with van der Waals surface area (Å²) in [6.07, 6.45) is -0.0261. The van der Waals surface area contributed by atoms with Crippen molar-refractivity contribution in [1.82, 2.24) is 4.68 Å². The van der Waals surface area contributed by atoms with Gasteiger partial charge in [-0.1, -0.05) is 0 Å². The normalized spacial score (nSPS) is 11.1. The van der Waals surface area contributed by atoms with Gasteiger partial charge >= 0.3 is 0 Å². The molecule has 0 saturated carbocycles. The molecule has 1 aromatic rings. The number of aryl methyl sites for hydroxylation is 2. The van der Waals surface area contributed by atoms with Crippen LogP contribution in [0.4, 0.5) is 0 Å². The van der Waals surface area contributed by atoms with Crippen LogP contribution in [0.5, 0.6) is 0 Å². The summed E-state index contributed by atoms with van der Waals surface area (Å²) in [5, 5.41) is 12.9. The Morgan fingerprint density at radius 2 is 2.17 bits per heavy atom. The van der Waals surface area contributed by atoms with Gasteiger partial charge in [0.25, 0.3) is 5.56 Å². The highest BCUT2D eigenvalue weighted by atomic mass is 16.1. The van der Waals surface area contributed by atoms with Crippen LogP contribution in [0.2, 0.25) is 0 Å². The molecule has 0 unspecified atom stereocenters. The van der Waals surface area contributed by atoms with Crippen molar-refractivity contribution < 1.29 is 4.79 Å². The summed E-state index contributed by atoms with van der Waals surface area (Å²) in [6, 6.07) is 3.55. The van der Waals surface area contributed by atoms with Gasteiger partial charge in [0.1, 0.15) is 11.6 Å². The minimum atomic E-state index is -0.519. The van der Waals surface area contributed by atoms with Crippen molar-refractivity contribution in [3.63, 3.8) is 0 Å². The lowest BCUT2D eigenvalue weighted by Crippen LogP contribution is -2.24. The number of carbonyl (C=O) groups excluding carboxylic acids is 1. The molecule has 18 heavy (non-hydrogen) atoms. The maximum atomic E-state index is 12.0. The summed E-state index contributed by atoms with van der Waals surface area (Å²) in [4.78, 5) is 22.7. The Labute approximate surface area is 104 Å². The van der Waals surface area contributed by atoms with Gasteiger partial charge in [-0.3, -0.25) is 9.59 Å². The molecule has 1 aromatic heterocycles. The van der Waals surface area contributed by atoms with E-state index in [-0.39, 0.29) is 12.0 Å². The summed E-state index contributed by atoms with van der Waals surface area (Å²) >= 11 is 0. The summed E-state index contributed by atoms with van der Waals surface area (Å²) in [6.45, 7) is 5.00. The van der Waals surface area contributed by atoms with Crippen LogP contribution in [0.25, 0.3) is 0 Å². The second-order valence-electron chi connectivity index (χ2n) is 4.05. The number of nitrogens with two attached hydrogens (primary N) is 1. The zero-order chi connectivity index (χ0) is 13.9. The number of primary amides is 1. The molecule has 6 nitrogen and oxygen atoms in total. The second kappa shape index (κ2) is 5.27. The van der Waals surface area contributed by atoms with Crippen molar-refractivity contribution in [3.05, 3.63) is 33.2 Å². The Morgan fingerprint density at radius 3 is 2.67 bits per heavy atom. The van der Waals surface area contributed by atoms with E-state index in [2.05, 4.69) is 5.10 Å². The third kappa shape index (κ3) is 2.83. The van der Waals surface area contributed by atoms with Crippen molar-refractivity contribution in [1.29, 1.82) is 5.26 Å². The monoisotopic (exact) mass is 246 g/mol. The molecule has 1 rings (SSSR count). The standard InChI is InChI=1S/C12H14N4O2/c1-7-4-9(3)16(12(18)10(7)6-13)15-8(2)5-11(14)17/h4H,5H2,1-3H3,(H2,14,17). The predicted molar refractivity (Wildman–Crippen MR) is 67.2 cm³/mol. The van der Waals surface area contributed by atoms with Gasteiger partial charge in [-0.05, 0) is 32.4 Å². The van der Waals surface area contributed by atoms with E-state index in [0.717, 1.165) is 4.68 Å². The van der Waals surface area contributed by atoms with Crippen LogP contribution in [0.1, 0.15) is 30.2 Å². The van der Waals surface area contributed by atoms with E-state index in [1.165, 1.54) is 0 Å². The first-order chi connectivity index (χ1) is 8.36. The number of aromatic nitrogens is 1. The van der Waals surface area contributed by atoms with Crippen LogP contribution in [0.15, 0.2) is 16.0 Å². The van der Waals surface area contributed by atoms with Crippen LogP contribution in [-0.2, 0) is 4.79 Å². The highest BCUT2D eigenvalue weighted by Crippen LogP contribution is 2.05. The van der Waals surface area contributed by atoms with Crippen LogP contribution in [0, 0.1) is 25.2 Å². The first-order valence-electron chi connectivity index (χ1n) is 5.33. The first-order valence-corrected chi connectivity index (χ1v) is 5.33. The lowest BCUT2D eigenvalue weighted by Gasteiger charge is -2.07. The average Bonchev–Trinajstić information content (AvgIpc) is 2.23. The Balaban J connectivity index is 3.39. The van der Waals surface area contributed by atoms with E-state index in [0.29, 0.717) is 17.0 Å². The average molecular weight is 246 g/mol. The molecule has 1 heterocycles. The van der Waals surface area contributed by atoms with E-state index in [1.807, 2.05) is 6.07 Å². The number of amides is 1. The third-order valence-electron chi connectivity index (χ3n) is 2.37. The minimum Gasteiger partial charge on any atom is -0.369 e. The lowest BCUT2D eigenvalue weighted by atomic mass is 10.1. The zero-order valence-electron chi connectivity index (χ0n) is 10.5. The molecule has 0 aromatic carbocycles. The number of pyridine rings is 1. The summed E-state index contributed by atoms with van der Waals surface area (Å²) < 4.78 is 1.11. The molecule has 1 amide bonds. The Hall–Kier alpha value is -2.42. The number of hydrogen-bond acceptors (Lipinski definition) is 4. The molecule has 0 radical (unpaired) electrons. The van der Waals surface area contributed by atoms with E-state index in [9.17, 15) is 9.59 Å². The third-order valence-corrected chi connectivity index (χ3v) is 2.37. The van der Waals surface area contributed by atoms with Crippen molar-refractivity contribution in [2.75, 3.05) is 0 Å². The Morgan fingerprint density at radius 1 is 1.56 bits per heavy atom. The number of rotatable bonds is 3. The quantitative estimate of drug-likeness (QED) is 0.782. The summed E-state index contributed by atoms with van der Waals surface area (Å²) in [7, 11) is 0. The van der Waals surface area contributed by atoms with E-state index in [4.69, 9.17) is 11.0 Å². The molecule has 0 aliphatic carbocycles. The molecule has 0 spiro atoms. The fraction of sp³-hybridized carbons (Fsp3) is 0.333. The molecule has 94 valence electrons. The SMILES string of the molecule is CC(CC(N)=O)=Nn1c(C)cc(C)c(C#N)c1=O. The number of carbonyl (C=O) groups is 1. The van der Waals surface area contributed by atoms with Gasteiger partial charge in [-0.15, -0.1) is 0 Å². The zero-order valence-corrected chi connectivity index (χ0v) is 10.5. The Kier molecular flexibility index (Phi) is 4.00. The van der Waals surface area contributed by atoms with Gasteiger partial charge in [-0.2, -0.15) is 10.4 Å². The fourth-order valence-electron chi connectivity index (χ4n) is 1.60. The molecule has 0 saturated heterocycles. The topological polar surface area (TPSA) is 101 Å². The molecule has 0 atom stereocenters. The minimum absolute atomic E-state index is 0.0261. The van der Waals surface area contributed by atoms with E-state index < -0.39 is 11.5 Å². The van der Waals surface area contributed by atoms with Gasteiger partial charge in [0.05, 0.1) is 6.42 Å². The molecular weight excluding hydrogens is 232 g/mol. The summed E-state index contributed by atoms with van der Waals surface area (Å²) in [5.41, 5.74) is 6.23. The largest absolute Gasteiger partial charge is 0.369 e. The predicted octanol–water partition coefficient (Wildman–Crippen LogP) is 0.436. The number of nitriles is 1. The van der Waals surface area contributed by atoms with Gasteiger partial charge < -0.3 is 5.73 Å². The maximum Gasteiger partial charge on any atom is 0.289 e. The van der Waals surface area contributed by atoms with Crippen molar-refractivity contribution >= 4 is 11.6 Å². The lowest BCUT2D eigenvalue weighted by molar-refractivity contribution is -0.116. The molecular formula is C12H14N4O2. The molecule has 2 N–H and O–H groups in total. The first kappa shape index (κ1) is 13.6. The molecule has 0 aliphatic rings. The maximum absolute atomic E-state index is 12.0. The van der Waals surface area contributed by atoms with E-state index in [1.54, 1.807) is 26.8 Å². The molecule has 6 heteroatoms. The van der Waals surface area contributed by atoms with Crippen LogP contribution in [0.3, 0.4) is 0 Å².